The summed E-state index contributed by atoms with van der Waals surface area (Å²) >= 11 is 0. The first-order valence-corrected chi connectivity index (χ1v) is 11.0. The molecule has 5 aromatic rings. The Morgan fingerprint density at radius 3 is 2.35 bits per heavy atom. The molecule has 0 radical (unpaired) electrons. The minimum atomic E-state index is 0.580. The lowest BCUT2D eigenvalue weighted by atomic mass is 9.95. The maximum absolute atomic E-state index is 5.97. The molecule has 0 unspecified atom stereocenters. The molecule has 0 N–H and O–H groups in total. The Kier molecular flexibility index (Phi) is 4.42. The second kappa shape index (κ2) is 7.55. The zero-order valence-corrected chi connectivity index (χ0v) is 17.3. The monoisotopic (exact) mass is 401 g/mol. The Bertz CT molecular complexity index is 1390. The molecule has 0 bridgehead atoms. The fourth-order valence-corrected chi connectivity index (χ4v) is 4.83. The summed E-state index contributed by atoms with van der Waals surface area (Å²) in [6.45, 7) is 0.580. The first-order valence-electron chi connectivity index (χ1n) is 11.0. The van der Waals surface area contributed by atoms with E-state index in [1.54, 1.807) is 0 Å². The minimum Gasteiger partial charge on any atom is -0.489 e. The SMILES string of the molecule is c1ccc(COc2ccc(-c3nc4ccc5ccccc5c4c4c3CCC4)cc2)cc1. The lowest BCUT2D eigenvalue weighted by Gasteiger charge is -2.14. The number of pyridine rings is 1. The average Bonchev–Trinajstić information content (AvgIpc) is 3.33. The van der Waals surface area contributed by atoms with Crippen LogP contribution in [0.3, 0.4) is 0 Å². The van der Waals surface area contributed by atoms with Crippen LogP contribution in [0, 0.1) is 0 Å². The molecule has 0 amide bonds. The number of fused-ring (bicyclic) bond motifs is 5. The normalized spacial score (nSPS) is 12.9. The van der Waals surface area contributed by atoms with Gasteiger partial charge in [0.2, 0.25) is 0 Å². The fraction of sp³-hybridized carbons (Fsp3) is 0.138. The predicted molar refractivity (Wildman–Crippen MR) is 127 cm³/mol. The largest absolute Gasteiger partial charge is 0.489 e. The van der Waals surface area contributed by atoms with Gasteiger partial charge in [-0.3, -0.25) is 0 Å². The zero-order chi connectivity index (χ0) is 20.6. The summed E-state index contributed by atoms with van der Waals surface area (Å²) in [5.74, 6) is 0.885. The molecule has 1 heterocycles. The highest BCUT2D eigenvalue weighted by molar-refractivity contribution is 6.09. The first kappa shape index (κ1) is 18.1. The summed E-state index contributed by atoms with van der Waals surface area (Å²) in [4.78, 5) is 5.15. The van der Waals surface area contributed by atoms with Crippen molar-refractivity contribution in [2.75, 3.05) is 0 Å². The number of rotatable bonds is 4. The van der Waals surface area contributed by atoms with Gasteiger partial charge in [-0.1, -0.05) is 60.7 Å². The van der Waals surface area contributed by atoms with Gasteiger partial charge in [-0.25, -0.2) is 4.98 Å². The van der Waals surface area contributed by atoms with Crippen molar-refractivity contribution < 1.29 is 4.74 Å². The van der Waals surface area contributed by atoms with Gasteiger partial charge in [0.1, 0.15) is 12.4 Å². The van der Waals surface area contributed by atoms with Crippen LogP contribution in [0.15, 0.2) is 91.0 Å². The Morgan fingerprint density at radius 2 is 1.48 bits per heavy atom. The smallest absolute Gasteiger partial charge is 0.119 e. The number of hydrogen-bond acceptors (Lipinski definition) is 2. The molecule has 150 valence electrons. The number of nitrogens with zero attached hydrogens (tertiary/aromatic N) is 1. The fourth-order valence-electron chi connectivity index (χ4n) is 4.83. The lowest BCUT2D eigenvalue weighted by Crippen LogP contribution is -1.97. The van der Waals surface area contributed by atoms with Crippen LogP contribution in [0.2, 0.25) is 0 Å². The van der Waals surface area contributed by atoms with Gasteiger partial charge in [0, 0.05) is 10.9 Å². The molecule has 0 saturated carbocycles. The molecule has 4 aromatic carbocycles. The molecule has 6 rings (SSSR count). The molecule has 31 heavy (non-hydrogen) atoms. The predicted octanol–water partition coefficient (Wildman–Crippen LogP) is 7.12. The third-order valence-corrected chi connectivity index (χ3v) is 6.32. The van der Waals surface area contributed by atoms with Crippen LogP contribution in [0.5, 0.6) is 5.75 Å². The highest BCUT2D eigenvalue weighted by Crippen LogP contribution is 2.39. The molecule has 1 aliphatic rings. The molecule has 2 heteroatoms. The van der Waals surface area contributed by atoms with Gasteiger partial charge in [0.05, 0.1) is 11.2 Å². The minimum absolute atomic E-state index is 0.580. The maximum Gasteiger partial charge on any atom is 0.119 e. The Labute approximate surface area is 182 Å². The summed E-state index contributed by atoms with van der Waals surface area (Å²) in [7, 11) is 0. The molecule has 0 atom stereocenters. The molecule has 2 nitrogen and oxygen atoms in total. The van der Waals surface area contributed by atoms with Crippen molar-refractivity contribution in [1.82, 2.24) is 4.98 Å². The summed E-state index contributed by atoms with van der Waals surface area (Å²) in [5.41, 5.74) is 7.47. The number of hydrogen-bond donors (Lipinski definition) is 0. The van der Waals surface area contributed by atoms with Crippen molar-refractivity contribution in [2.24, 2.45) is 0 Å². The topological polar surface area (TPSA) is 22.1 Å². The second-order valence-electron chi connectivity index (χ2n) is 8.25. The molecule has 0 fully saturated rings. The van der Waals surface area contributed by atoms with Gasteiger partial charge in [-0.2, -0.15) is 0 Å². The standard InChI is InChI=1S/C29H23NO/c1-2-7-20(8-3-1)19-31-23-16-13-22(14-17-23)29-26-12-6-11-25(26)28-24-10-5-4-9-21(24)15-18-27(28)30-29/h1-5,7-10,13-18H,6,11-12,19H2. The number of aromatic nitrogens is 1. The van der Waals surface area contributed by atoms with E-state index in [9.17, 15) is 0 Å². The van der Waals surface area contributed by atoms with Gasteiger partial charge in [-0.15, -0.1) is 0 Å². The number of ether oxygens (including phenoxy) is 1. The Morgan fingerprint density at radius 1 is 0.710 bits per heavy atom. The summed E-state index contributed by atoms with van der Waals surface area (Å²) in [6.07, 6.45) is 3.43. The molecular weight excluding hydrogens is 378 g/mol. The van der Waals surface area contributed by atoms with Crippen molar-refractivity contribution in [2.45, 2.75) is 25.9 Å². The van der Waals surface area contributed by atoms with E-state index in [4.69, 9.17) is 9.72 Å². The zero-order valence-electron chi connectivity index (χ0n) is 17.3. The van der Waals surface area contributed by atoms with Crippen molar-refractivity contribution in [3.63, 3.8) is 0 Å². The lowest BCUT2D eigenvalue weighted by molar-refractivity contribution is 0.306. The van der Waals surface area contributed by atoms with Crippen molar-refractivity contribution >= 4 is 21.7 Å². The van der Waals surface area contributed by atoms with E-state index in [0.717, 1.165) is 29.8 Å². The second-order valence-corrected chi connectivity index (χ2v) is 8.25. The first-order chi connectivity index (χ1) is 15.4. The van der Waals surface area contributed by atoms with E-state index >= 15 is 0 Å². The number of aryl methyl sites for hydroxylation is 1. The van der Waals surface area contributed by atoms with E-state index < -0.39 is 0 Å². The molecule has 1 aromatic heterocycles. The van der Waals surface area contributed by atoms with Gasteiger partial charge in [0.15, 0.2) is 0 Å². The van der Waals surface area contributed by atoms with Crippen LogP contribution >= 0.6 is 0 Å². The third kappa shape index (κ3) is 3.25. The van der Waals surface area contributed by atoms with Gasteiger partial charge < -0.3 is 4.74 Å². The van der Waals surface area contributed by atoms with E-state index in [-0.39, 0.29) is 0 Å². The van der Waals surface area contributed by atoms with Crippen LogP contribution in [0.1, 0.15) is 23.1 Å². The average molecular weight is 402 g/mol. The summed E-state index contributed by atoms with van der Waals surface area (Å²) in [5, 5.41) is 3.96. The molecule has 0 saturated heterocycles. The molecular formula is C29H23NO. The van der Waals surface area contributed by atoms with E-state index in [2.05, 4.69) is 72.8 Å². The van der Waals surface area contributed by atoms with E-state index in [1.807, 2.05) is 18.2 Å². The van der Waals surface area contributed by atoms with Crippen molar-refractivity contribution in [1.29, 1.82) is 0 Å². The summed E-state index contributed by atoms with van der Waals surface area (Å²) < 4.78 is 5.97. The van der Waals surface area contributed by atoms with E-state index in [1.165, 1.54) is 44.8 Å². The Balaban J connectivity index is 1.39. The molecule has 0 spiro atoms. The van der Waals surface area contributed by atoms with Crippen LogP contribution in [0.4, 0.5) is 0 Å². The molecule has 0 aliphatic heterocycles. The quantitative estimate of drug-likeness (QED) is 0.299. The maximum atomic E-state index is 5.97. The third-order valence-electron chi connectivity index (χ3n) is 6.32. The van der Waals surface area contributed by atoms with Crippen LogP contribution in [0.25, 0.3) is 32.9 Å². The highest BCUT2D eigenvalue weighted by atomic mass is 16.5. The van der Waals surface area contributed by atoms with Crippen LogP contribution in [-0.2, 0) is 19.4 Å². The van der Waals surface area contributed by atoms with Crippen LogP contribution < -0.4 is 4.74 Å². The number of benzene rings is 4. The van der Waals surface area contributed by atoms with Gasteiger partial charge in [0.25, 0.3) is 0 Å². The van der Waals surface area contributed by atoms with Gasteiger partial charge in [-0.05, 0) is 77.1 Å². The van der Waals surface area contributed by atoms with Gasteiger partial charge >= 0.3 is 0 Å². The Hall–Kier alpha value is -3.65. The summed E-state index contributed by atoms with van der Waals surface area (Å²) in [6, 6.07) is 31.7. The van der Waals surface area contributed by atoms with E-state index in [0.29, 0.717) is 6.61 Å². The van der Waals surface area contributed by atoms with Crippen molar-refractivity contribution in [3.8, 4) is 17.0 Å². The highest BCUT2D eigenvalue weighted by Gasteiger charge is 2.21. The van der Waals surface area contributed by atoms with Crippen LogP contribution in [-0.4, -0.2) is 4.98 Å². The van der Waals surface area contributed by atoms with Crippen molar-refractivity contribution in [3.05, 3.63) is 108 Å². The molecule has 1 aliphatic carbocycles.